The predicted octanol–water partition coefficient (Wildman–Crippen LogP) is 3.88. The van der Waals surface area contributed by atoms with Crippen molar-refractivity contribution in [1.82, 2.24) is 10.2 Å². The van der Waals surface area contributed by atoms with Crippen LogP contribution in [0.25, 0.3) is 0 Å². The van der Waals surface area contributed by atoms with E-state index >= 15 is 0 Å². The molecule has 4 rings (SSSR count). The highest BCUT2D eigenvalue weighted by Crippen LogP contribution is 2.31. The van der Waals surface area contributed by atoms with Gasteiger partial charge in [0.1, 0.15) is 6.07 Å². The third kappa shape index (κ3) is 5.52. The highest BCUT2D eigenvalue weighted by molar-refractivity contribution is 6.40. The first-order valence-electron chi connectivity index (χ1n) is 11.8. The summed E-state index contributed by atoms with van der Waals surface area (Å²) in [6.07, 6.45) is 5.66. The van der Waals surface area contributed by atoms with Crippen molar-refractivity contribution in [2.45, 2.75) is 38.1 Å². The van der Waals surface area contributed by atoms with Gasteiger partial charge in [-0.15, -0.1) is 0 Å². The third-order valence-electron chi connectivity index (χ3n) is 6.68. The van der Waals surface area contributed by atoms with E-state index in [-0.39, 0.29) is 17.3 Å². The number of anilines is 2. The van der Waals surface area contributed by atoms with Gasteiger partial charge in [-0.2, -0.15) is 5.26 Å². The van der Waals surface area contributed by atoms with Crippen molar-refractivity contribution in [1.29, 1.82) is 5.26 Å². The second-order valence-electron chi connectivity index (χ2n) is 8.99. The maximum absolute atomic E-state index is 12.7. The summed E-state index contributed by atoms with van der Waals surface area (Å²) in [7, 11) is 2.12. The van der Waals surface area contributed by atoms with Crippen LogP contribution in [0.3, 0.4) is 0 Å². The van der Waals surface area contributed by atoms with Gasteiger partial charge in [0, 0.05) is 30.8 Å². The maximum atomic E-state index is 12.7. The number of nitrogens with zero attached hydrogens (tertiary/aromatic N) is 3. The smallest absolute Gasteiger partial charge is 0.313 e. The molecule has 2 heterocycles. The molecule has 2 amide bonds. The Labute approximate surface area is 205 Å². The first kappa shape index (κ1) is 24.1. The van der Waals surface area contributed by atoms with Crippen molar-refractivity contribution in [2.24, 2.45) is 0 Å². The van der Waals surface area contributed by atoms with Crippen LogP contribution in [0, 0.1) is 11.3 Å². The van der Waals surface area contributed by atoms with Crippen molar-refractivity contribution in [3.63, 3.8) is 0 Å². The Balaban J connectivity index is 1.48. The lowest BCUT2D eigenvalue weighted by Gasteiger charge is -2.36. The number of likely N-dealkylation sites (tertiary alicyclic amines) is 1. The van der Waals surface area contributed by atoms with E-state index < -0.39 is 11.8 Å². The van der Waals surface area contributed by atoms with Gasteiger partial charge in [0.15, 0.2) is 0 Å². The Morgan fingerprint density at radius 1 is 1.06 bits per heavy atom. The van der Waals surface area contributed by atoms with Crippen LogP contribution in [0.5, 0.6) is 0 Å². The minimum Gasteiger partial charge on any atom is -0.374 e. The fraction of sp³-hybridized carbons (Fsp3) is 0.423. The van der Waals surface area contributed by atoms with E-state index in [0.717, 1.165) is 45.3 Å². The number of benzene rings is 2. The third-order valence-corrected chi connectivity index (χ3v) is 6.92. The molecule has 2 aromatic carbocycles. The number of hydrogen-bond acceptors (Lipinski definition) is 5. The highest BCUT2D eigenvalue weighted by atomic mass is 35.5. The molecule has 34 heavy (non-hydrogen) atoms. The second-order valence-corrected chi connectivity index (χ2v) is 9.43. The summed E-state index contributed by atoms with van der Waals surface area (Å²) in [5, 5.41) is 15.0. The minimum atomic E-state index is -0.816. The fourth-order valence-electron chi connectivity index (χ4n) is 4.87. The molecule has 2 aromatic rings. The standard InChI is InChI=1S/C26H30ClN5O2/c1-31-11-5-6-18-14-19(8-10-23(18)31)24(32-12-3-2-4-13-32)17-29-25(33)26(34)30-22-15-21(27)9-7-20(22)16-28/h7-10,14-15,24H,2-6,11-13,17H2,1H3,(H,29,33)(H,30,34). The lowest BCUT2D eigenvalue weighted by molar-refractivity contribution is -0.136. The van der Waals surface area contributed by atoms with Crippen LogP contribution >= 0.6 is 11.6 Å². The van der Waals surface area contributed by atoms with Gasteiger partial charge in [0.25, 0.3) is 0 Å². The molecule has 0 aromatic heterocycles. The highest BCUT2D eigenvalue weighted by Gasteiger charge is 2.26. The Morgan fingerprint density at radius 2 is 1.85 bits per heavy atom. The molecule has 7 nitrogen and oxygen atoms in total. The van der Waals surface area contributed by atoms with Gasteiger partial charge in [-0.3, -0.25) is 14.5 Å². The molecule has 0 saturated carbocycles. The lowest BCUT2D eigenvalue weighted by atomic mass is 9.95. The molecule has 2 N–H and O–H groups in total. The largest absolute Gasteiger partial charge is 0.374 e. The first-order valence-corrected chi connectivity index (χ1v) is 12.2. The molecule has 0 spiro atoms. The van der Waals surface area contributed by atoms with Gasteiger partial charge in [0.2, 0.25) is 0 Å². The van der Waals surface area contributed by atoms with Crippen LogP contribution in [0.2, 0.25) is 5.02 Å². The number of amides is 2. The molecule has 0 bridgehead atoms. The number of piperidine rings is 1. The number of carbonyl (C=O) groups is 2. The number of aryl methyl sites for hydroxylation is 1. The molecule has 1 fully saturated rings. The summed E-state index contributed by atoms with van der Waals surface area (Å²) >= 11 is 5.98. The Morgan fingerprint density at radius 3 is 2.62 bits per heavy atom. The van der Waals surface area contributed by atoms with Crippen molar-refractivity contribution in [3.8, 4) is 6.07 Å². The van der Waals surface area contributed by atoms with E-state index in [1.165, 1.54) is 35.4 Å². The number of hydrogen-bond donors (Lipinski definition) is 2. The predicted molar refractivity (Wildman–Crippen MR) is 134 cm³/mol. The molecule has 1 saturated heterocycles. The molecular formula is C26H30ClN5O2. The van der Waals surface area contributed by atoms with Gasteiger partial charge < -0.3 is 15.5 Å². The topological polar surface area (TPSA) is 88.5 Å². The molecule has 0 radical (unpaired) electrons. The van der Waals surface area contributed by atoms with Crippen LogP contribution in [-0.4, -0.2) is 49.9 Å². The van der Waals surface area contributed by atoms with Crippen molar-refractivity contribution in [2.75, 3.05) is 43.4 Å². The van der Waals surface area contributed by atoms with E-state index in [2.05, 4.69) is 45.7 Å². The zero-order chi connectivity index (χ0) is 24.1. The number of nitriles is 1. The Bertz CT molecular complexity index is 1110. The van der Waals surface area contributed by atoms with E-state index in [0.29, 0.717) is 11.6 Å². The quantitative estimate of drug-likeness (QED) is 0.635. The number of carbonyl (C=O) groups excluding carboxylic acids is 2. The summed E-state index contributed by atoms with van der Waals surface area (Å²) in [6.45, 7) is 3.34. The van der Waals surface area contributed by atoms with Gasteiger partial charge >= 0.3 is 11.8 Å². The number of halogens is 1. The maximum Gasteiger partial charge on any atom is 0.313 e. The van der Waals surface area contributed by atoms with Crippen LogP contribution in [-0.2, 0) is 16.0 Å². The summed E-state index contributed by atoms with van der Waals surface area (Å²) < 4.78 is 0. The number of fused-ring (bicyclic) bond motifs is 1. The first-order chi connectivity index (χ1) is 16.5. The SMILES string of the molecule is CN1CCCc2cc(C(CNC(=O)C(=O)Nc3cc(Cl)ccc3C#N)N3CCCCC3)ccc21. The normalized spacial score (nSPS) is 16.8. The van der Waals surface area contributed by atoms with Crippen LogP contribution < -0.4 is 15.5 Å². The van der Waals surface area contributed by atoms with Crippen LogP contribution in [0.4, 0.5) is 11.4 Å². The lowest BCUT2D eigenvalue weighted by Crippen LogP contribution is -2.43. The van der Waals surface area contributed by atoms with E-state index in [9.17, 15) is 14.9 Å². The Kier molecular flexibility index (Phi) is 7.71. The minimum absolute atomic E-state index is 0.00424. The van der Waals surface area contributed by atoms with E-state index in [4.69, 9.17) is 11.6 Å². The molecule has 0 aliphatic carbocycles. The van der Waals surface area contributed by atoms with Crippen molar-refractivity contribution < 1.29 is 9.59 Å². The average Bonchev–Trinajstić information content (AvgIpc) is 2.85. The summed E-state index contributed by atoms with van der Waals surface area (Å²) in [5.74, 6) is -1.55. The molecule has 2 aliphatic rings. The van der Waals surface area contributed by atoms with Crippen LogP contribution in [0.1, 0.15) is 48.4 Å². The van der Waals surface area contributed by atoms with Crippen molar-refractivity contribution in [3.05, 3.63) is 58.1 Å². The molecule has 178 valence electrons. The second kappa shape index (κ2) is 10.9. The monoisotopic (exact) mass is 479 g/mol. The summed E-state index contributed by atoms with van der Waals surface area (Å²) in [5.41, 5.74) is 4.24. The van der Waals surface area contributed by atoms with Gasteiger partial charge in [-0.25, -0.2) is 0 Å². The molecule has 1 unspecified atom stereocenters. The summed E-state index contributed by atoms with van der Waals surface area (Å²) in [4.78, 5) is 29.9. The summed E-state index contributed by atoms with van der Waals surface area (Å²) in [6, 6.07) is 13.1. The average molecular weight is 480 g/mol. The Hall–Kier alpha value is -3.08. The molecular weight excluding hydrogens is 450 g/mol. The van der Waals surface area contributed by atoms with Crippen molar-refractivity contribution >= 4 is 34.8 Å². The molecule has 2 aliphatic heterocycles. The van der Waals surface area contributed by atoms with E-state index in [1.807, 2.05) is 6.07 Å². The van der Waals surface area contributed by atoms with E-state index in [1.54, 1.807) is 6.07 Å². The zero-order valence-corrected chi connectivity index (χ0v) is 20.2. The molecule has 8 heteroatoms. The zero-order valence-electron chi connectivity index (χ0n) is 19.4. The van der Waals surface area contributed by atoms with Crippen LogP contribution in [0.15, 0.2) is 36.4 Å². The fourth-order valence-corrected chi connectivity index (χ4v) is 5.04. The van der Waals surface area contributed by atoms with Gasteiger partial charge in [-0.05, 0) is 74.2 Å². The number of nitrogens with one attached hydrogen (secondary N) is 2. The number of rotatable bonds is 5. The van der Waals surface area contributed by atoms with Gasteiger partial charge in [-0.1, -0.05) is 30.2 Å². The van der Waals surface area contributed by atoms with Gasteiger partial charge in [0.05, 0.1) is 17.3 Å². The molecule has 1 atom stereocenters.